The van der Waals surface area contributed by atoms with Crippen LogP contribution in [0.4, 0.5) is 8.78 Å². The number of piperidine rings is 1. The third kappa shape index (κ3) is 4.80. The minimum absolute atomic E-state index is 0.0450. The van der Waals surface area contributed by atoms with E-state index in [4.69, 9.17) is 11.6 Å². The number of carbonyl (C=O) groups excluding carboxylic acids is 1. The molecule has 3 aromatic rings. The van der Waals surface area contributed by atoms with E-state index in [-0.39, 0.29) is 11.8 Å². The van der Waals surface area contributed by atoms with E-state index in [1.165, 1.54) is 24.5 Å². The second kappa shape index (κ2) is 9.35. The first-order chi connectivity index (χ1) is 15.0. The number of hydrogen-bond acceptors (Lipinski definition) is 3. The van der Waals surface area contributed by atoms with Gasteiger partial charge in [-0.1, -0.05) is 35.9 Å². The van der Waals surface area contributed by atoms with Gasteiger partial charge in [-0.15, -0.1) is 0 Å². The molecule has 1 saturated heterocycles. The zero-order chi connectivity index (χ0) is 21.8. The maximum absolute atomic E-state index is 13.4. The van der Waals surface area contributed by atoms with Crippen molar-refractivity contribution in [2.75, 3.05) is 13.1 Å². The summed E-state index contributed by atoms with van der Waals surface area (Å²) in [6.45, 7) is 1.14. The lowest BCUT2D eigenvalue weighted by atomic mass is 9.90. The summed E-state index contributed by atoms with van der Waals surface area (Å²) in [6.07, 6.45) is 7.89. The number of benzene rings is 2. The first kappa shape index (κ1) is 21.1. The number of carbonyl (C=O) groups is 1. The standard InChI is InChI=1S/C24H20ClF2N3O/c25-20-6-2-1-5-18(20)19-13-28-15-29-24(19)17-4-3-11-30(14-17)23(31)10-8-16-7-9-21(26)22(27)12-16/h1-2,5-10,12-13,15,17H,3-4,11,14H2/b10-8+/t17-/m1/s1. The number of amides is 1. The van der Waals surface area contributed by atoms with Crippen LogP contribution in [0.25, 0.3) is 17.2 Å². The Bertz CT molecular complexity index is 1140. The van der Waals surface area contributed by atoms with E-state index in [0.717, 1.165) is 41.8 Å². The van der Waals surface area contributed by atoms with Gasteiger partial charge in [0, 0.05) is 47.4 Å². The minimum Gasteiger partial charge on any atom is -0.338 e. The Morgan fingerprint density at radius 1 is 1.13 bits per heavy atom. The summed E-state index contributed by atoms with van der Waals surface area (Å²) < 4.78 is 26.5. The molecule has 0 bridgehead atoms. The van der Waals surface area contributed by atoms with Gasteiger partial charge in [-0.05, 0) is 42.7 Å². The Balaban J connectivity index is 1.53. The topological polar surface area (TPSA) is 46.1 Å². The molecule has 4 nitrogen and oxygen atoms in total. The number of halogens is 3. The molecule has 7 heteroatoms. The highest BCUT2D eigenvalue weighted by Gasteiger charge is 2.27. The van der Waals surface area contributed by atoms with Gasteiger partial charge in [-0.25, -0.2) is 18.7 Å². The molecule has 1 aliphatic heterocycles. The molecule has 0 N–H and O–H groups in total. The molecular weight excluding hydrogens is 420 g/mol. The van der Waals surface area contributed by atoms with Crippen LogP contribution in [0.3, 0.4) is 0 Å². The molecule has 1 aromatic heterocycles. The fourth-order valence-corrected chi connectivity index (χ4v) is 4.08. The van der Waals surface area contributed by atoms with Crippen molar-refractivity contribution in [3.05, 3.63) is 89.0 Å². The Kier molecular flexibility index (Phi) is 6.37. The smallest absolute Gasteiger partial charge is 0.246 e. The molecule has 2 heterocycles. The van der Waals surface area contributed by atoms with Gasteiger partial charge in [-0.3, -0.25) is 4.79 Å². The summed E-state index contributed by atoms with van der Waals surface area (Å²) in [4.78, 5) is 23.2. The molecule has 0 radical (unpaired) electrons. The molecule has 1 amide bonds. The van der Waals surface area contributed by atoms with Crippen LogP contribution in [-0.4, -0.2) is 33.9 Å². The predicted molar refractivity (Wildman–Crippen MR) is 116 cm³/mol. The van der Waals surface area contributed by atoms with Crippen LogP contribution in [0, 0.1) is 11.6 Å². The molecule has 1 atom stereocenters. The largest absolute Gasteiger partial charge is 0.338 e. The van der Waals surface area contributed by atoms with Gasteiger partial charge in [0.2, 0.25) is 5.91 Å². The summed E-state index contributed by atoms with van der Waals surface area (Å²) in [5.41, 5.74) is 3.02. The van der Waals surface area contributed by atoms with Crippen molar-refractivity contribution in [1.82, 2.24) is 14.9 Å². The summed E-state index contributed by atoms with van der Waals surface area (Å²) >= 11 is 6.39. The van der Waals surface area contributed by atoms with Gasteiger partial charge in [-0.2, -0.15) is 0 Å². The van der Waals surface area contributed by atoms with Gasteiger partial charge in [0.05, 0.1) is 5.69 Å². The van der Waals surface area contributed by atoms with Crippen LogP contribution in [0.2, 0.25) is 5.02 Å². The average Bonchev–Trinajstić information content (AvgIpc) is 2.80. The van der Waals surface area contributed by atoms with Gasteiger partial charge >= 0.3 is 0 Å². The van der Waals surface area contributed by atoms with E-state index in [9.17, 15) is 13.6 Å². The fraction of sp³-hybridized carbons (Fsp3) is 0.208. The zero-order valence-electron chi connectivity index (χ0n) is 16.6. The van der Waals surface area contributed by atoms with Crippen molar-refractivity contribution in [3.8, 4) is 11.1 Å². The molecular formula is C24H20ClF2N3O. The molecule has 0 unspecified atom stereocenters. The quantitative estimate of drug-likeness (QED) is 0.504. The van der Waals surface area contributed by atoms with Crippen LogP contribution in [0.1, 0.15) is 30.0 Å². The number of aromatic nitrogens is 2. The molecule has 0 aliphatic carbocycles. The highest BCUT2D eigenvalue weighted by Crippen LogP contribution is 2.35. The van der Waals surface area contributed by atoms with E-state index in [2.05, 4.69) is 9.97 Å². The summed E-state index contributed by atoms with van der Waals surface area (Å²) in [5, 5.41) is 0.622. The lowest BCUT2D eigenvalue weighted by Crippen LogP contribution is -2.38. The normalized spacial score (nSPS) is 16.6. The second-order valence-electron chi connectivity index (χ2n) is 7.43. The molecule has 4 rings (SSSR count). The van der Waals surface area contributed by atoms with Crippen molar-refractivity contribution in [1.29, 1.82) is 0 Å². The van der Waals surface area contributed by atoms with Crippen LogP contribution in [-0.2, 0) is 4.79 Å². The lowest BCUT2D eigenvalue weighted by Gasteiger charge is -2.32. The SMILES string of the molecule is O=C(/C=C/c1ccc(F)c(F)c1)N1CCC[C@@H](c2ncncc2-c2ccccc2Cl)C1. The number of likely N-dealkylation sites (tertiary alicyclic amines) is 1. The minimum atomic E-state index is -0.941. The molecule has 0 saturated carbocycles. The van der Waals surface area contributed by atoms with Crippen LogP contribution in [0.5, 0.6) is 0 Å². The monoisotopic (exact) mass is 439 g/mol. The van der Waals surface area contributed by atoms with E-state index in [0.29, 0.717) is 23.7 Å². The van der Waals surface area contributed by atoms with Gasteiger partial charge < -0.3 is 4.90 Å². The van der Waals surface area contributed by atoms with E-state index in [1.807, 2.05) is 24.3 Å². The average molecular weight is 440 g/mol. The molecule has 0 spiro atoms. The number of nitrogens with zero attached hydrogens (tertiary/aromatic N) is 3. The summed E-state index contributed by atoms with van der Waals surface area (Å²) in [5.74, 6) is -1.99. The molecule has 1 aliphatic rings. The van der Waals surface area contributed by atoms with Crippen molar-refractivity contribution >= 4 is 23.6 Å². The molecule has 1 fully saturated rings. The molecule has 2 aromatic carbocycles. The zero-order valence-corrected chi connectivity index (χ0v) is 17.4. The van der Waals surface area contributed by atoms with Crippen LogP contribution >= 0.6 is 11.6 Å². The van der Waals surface area contributed by atoms with Crippen molar-refractivity contribution < 1.29 is 13.6 Å². The number of hydrogen-bond donors (Lipinski definition) is 0. The fourth-order valence-electron chi connectivity index (χ4n) is 3.84. The summed E-state index contributed by atoms with van der Waals surface area (Å²) in [6, 6.07) is 11.1. The highest BCUT2D eigenvalue weighted by molar-refractivity contribution is 6.33. The Labute approximate surface area is 184 Å². The second-order valence-corrected chi connectivity index (χ2v) is 7.84. The first-order valence-electron chi connectivity index (χ1n) is 10.00. The highest BCUT2D eigenvalue weighted by atomic mass is 35.5. The van der Waals surface area contributed by atoms with E-state index in [1.54, 1.807) is 11.1 Å². The Morgan fingerprint density at radius 3 is 2.77 bits per heavy atom. The van der Waals surface area contributed by atoms with Crippen molar-refractivity contribution in [3.63, 3.8) is 0 Å². The van der Waals surface area contributed by atoms with E-state index >= 15 is 0 Å². The summed E-state index contributed by atoms with van der Waals surface area (Å²) in [7, 11) is 0. The first-order valence-corrected chi connectivity index (χ1v) is 10.4. The van der Waals surface area contributed by atoms with Gasteiger partial charge in [0.15, 0.2) is 11.6 Å². The molecule has 158 valence electrons. The van der Waals surface area contributed by atoms with Gasteiger partial charge in [0.1, 0.15) is 6.33 Å². The van der Waals surface area contributed by atoms with E-state index < -0.39 is 11.6 Å². The van der Waals surface area contributed by atoms with Gasteiger partial charge in [0.25, 0.3) is 0 Å². The number of rotatable bonds is 4. The Morgan fingerprint density at radius 2 is 1.97 bits per heavy atom. The lowest BCUT2D eigenvalue weighted by molar-refractivity contribution is -0.127. The predicted octanol–water partition coefficient (Wildman–Crippen LogP) is 5.49. The van der Waals surface area contributed by atoms with Crippen molar-refractivity contribution in [2.45, 2.75) is 18.8 Å². The van der Waals surface area contributed by atoms with Crippen LogP contribution in [0.15, 0.2) is 61.1 Å². The third-order valence-electron chi connectivity index (χ3n) is 5.39. The van der Waals surface area contributed by atoms with Crippen molar-refractivity contribution in [2.24, 2.45) is 0 Å². The maximum atomic E-state index is 13.4. The Hall–Kier alpha value is -3.12. The van der Waals surface area contributed by atoms with Crippen LogP contribution < -0.4 is 0 Å². The third-order valence-corrected chi connectivity index (χ3v) is 5.72. The molecule has 31 heavy (non-hydrogen) atoms. The maximum Gasteiger partial charge on any atom is 0.246 e.